The van der Waals surface area contributed by atoms with Gasteiger partial charge in [0.05, 0.1) is 6.04 Å². The van der Waals surface area contributed by atoms with E-state index in [-0.39, 0.29) is 5.95 Å². The number of amides is 2. The van der Waals surface area contributed by atoms with E-state index in [2.05, 4.69) is 35.9 Å². The Morgan fingerprint density at radius 1 is 1.32 bits per heavy atom. The second-order valence-corrected chi connectivity index (χ2v) is 5.51. The van der Waals surface area contributed by atoms with E-state index >= 15 is 0 Å². The Hall–Kier alpha value is -3.43. The number of aromatic amines is 2. The molecule has 3 rings (SSSR count). The number of aryl methyl sites for hydroxylation is 2. The molecule has 130 valence electrons. The number of carbonyl (C=O) groups excluding carboxylic acids is 1. The van der Waals surface area contributed by atoms with E-state index in [9.17, 15) is 9.59 Å². The number of nitrogens with zero attached hydrogens (tertiary/aromatic N) is 4. The second kappa shape index (κ2) is 6.99. The maximum Gasteiger partial charge on any atom is 0.340 e. The van der Waals surface area contributed by atoms with Crippen molar-refractivity contribution in [3.05, 3.63) is 58.0 Å². The number of anilines is 1. The topological polar surface area (TPSA) is 133 Å². The molecule has 25 heavy (non-hydrogen) atoms. The molecular formula is C15H18N8O2. The fourth-order valence-corrected chi connectivity index (χ4v) is 2.33. The molecule has 1 atom stereocenters. The Bertz CT molecular complexity index is 892. The minimum atomic E-state index is -0.522. The van der Waals surface area contributed by atoms with Gasteiger partial charge in [-0.3, -0.25) is 15.0 Å². The summed E-state index contributed by atoms with van der Waals surface area (Å²) >= 11 is 0. The third kappa shape index (κ3) is 4.10. The molecule has 1 aromatic carbocycles. The van der Waals surface area contributed by atoms with Crippen LogP contribution >= 0.6 is 0 Å². The standard InChI is InChI=1S/C15H18N8O2/c1-9-16-13(22-23(9)2)19-14(24)17-11(12-18-15(25)21-20-12)8-10-6-4-3-5-7-10/h3-7,11H,8H2,1-2H3,(H2,17,19,22,24)(H2,18,20,21,25)/t11-/m1/s1. The van der Waals surface area contributed by atoms with Crippen LogP contribution in [-0.4, -0.2) is 36.0 Å². The molecule has 0 bridgehead atoms. The van der Waals surface area contributed by atoms with Crippen molar-refractivity contribution in [1.82, 2.24) is 35.3 Å². The summed E-state index contributed by atoms with van der Waals surface area (Å²) in [4.78, 5) is 30.3. The highest BCUT2D eigenvalue weighted by Crippen LogP contribution is 2.14. The van der Waals surface area contributed by atoms with Crippen LogP contribution in [0.2, 0.25) is 0 Å². The summed E-state index contributed by atoms with van der Waals surface area (Å²) in [6, 6.07) is 8.56. The number of nitrogens with one attached hydrogen (secondary N) is 4. The van der Waals surface area contributed by atoms with Gasteiger partial charge in [-0.05, 0) is 12.5 Å². The summed E-state index contributed by atoms with van der Waals surface area (Å²) in [5.74, 6) is 1.22. The molecule has 2 heterocycles. The molecule has 0 aliphatic heterocycles. The van der Waals surface area contributed by atoms with Crippen LogP contribution in [0.5, 0.6) is 0 Å². The maximum atomic E-state index is 12.3. The lowest BCUT2D eigenvalue weighted by Gasteiger charge is -2.16. The van der Waals surface area contributed by atoms with E-state index in [1.807, 2.05) is 30.3 Å². The summed E-state index contributed by atoms with van der Waals surface area (Å²) in [5, 5.41) is 15.7. The SMILES string of the molecule is Cc1nc(NC(=O)N[C@H](Cc2ccccc2)c2n[nH]c(=O)[nH]2)nn1C. The molecule has 0 unspecified atom stereocenters. The van der Waals surface area contributed by atoms with Gasteiger partial charge in [-0.25, -0.2) is 14.7 Å². The zero-order valence-corrected chi connectivity index (χ0v) is 13.8. The smallest absolute Gasteiger partial charge is 0.327 e. The molecule has 0 saturated heterocycles. The Morgan fingerprint density at radius 2 is 2.08 bits per heavy atom. The van der Waals surface area contributed by atoms with Gasteiger partial charge in [0.25, 0.3) is 0 Å². The average Bonchev–Trinajstić information content (AvgIpc) is 3.13. The van der Waals surface area contributed by atoms with Crippen molar-refractivity contribution in [3.63, 3.8) is 0 Å². The molecule has 0 aliphatic carbocycles. The summed E-state index contributed by atoms with van der Waals surface area (Å²) in [6.45, 7) is 1.78. The lowest BCUT2D eigenvalue weighted by molar-refractivity contribution is 0.247. The minimum absolute atomic E-state index is 0.200. The van der Waals surface area contributed by atoms with Crippen LogP contribution in [0.1, 0.15) is 23.3 Å². The van der Waals surface area contributed by atoms with E-state index in [0.717, 1.165) is 5.56 Å². The van der Waals surface area contributed by atoms with Gasteiger partial charge < -0.3 is 5.32 Å². The number of hydrogen-bond donors (Lipinski definition) is 4. The first-order valence-corrected chi connectivity index (χ1v) is 7.65. The Labute approximate surface area is 142 Å². The first kappa shape index (κ1) is 16.4. The fourth-order valence-electron chi connectivity index (χ4n) is 2.33. The van der Waals surface area contributed by atoms with Gasteiger partial charge in [0.2, 0.25) is 5.95 Å². The van der Waals surface area contributed by atoms with Gasteiger partial charge in [0.1, 0.15) is 5.82 Å². The number of aromatic nitrogens is 6. The molecule has 0 saturated carbocycles. The quantitative estimate of drug-likeness (QED) is 0.540. The third-order valence-corrected chi connectivity index (χ3v) is 3.64. The predicted molar refractivity (Wildman–Crippen MR) is 90.0 cm³/mol. The number of rotatable bonds is 5. The van der Waals surface area contributed by atoms with Gasteiger partial charge in [0.15, 0.2) is 5.82 Å². The lowest BCUT2D eigenvalue weighted by atomic mass is 10.1. The number of carbonyl (C=O) groups is 1. The zero-order valence-electron chi connectivity index (χ0n) is 13.8. The number of urea groups is 1. The molecule has 10 nitrogen and oxygen atoms in total. The van der Waals surface area contributed by atoms with Crippen LogP contribution in [0.25, 0.3) is 0 Å². The van der Waals surface area contributed by atoms with Gasteiger partial charge in [0, 0.05) is 13.5 Å². The van der Waals surface area contributed by atoms with Crippen LogP contribution in [0, 0.1) is 6.92 Å². The van der Waals surface area contributed by atoms with Crippen molar-refractivity contribution >= 4 is 12.0 Å². The van der Waals surface area contributed by atoms with Crippen molar-refractivity contribution in [2.75, 3.05) is 5.32 Å². The summed E-state index contributed by atoms with van der Waals surface area (Å²) in [5.41, 5.74) is 0.556. The van der Waals surface area contributed by atoms with E-state index in [4.69, 9.17) is 0 Å². The van der Waals surface area contributed by atoms with Crippen LogP contribution in [0.15, 0.2) is 35.1 Å². The van der Waals surface area contributed by atoms with Gasteiger partial charge in [-0.15, -0.1) is 5.10 Å². The van der Waals surface area contributed by atoms with Crippen LogP contribution in [-0.2, 0) is 13.5 Å². The first-order valence-electron chi connectivity index (χ1n) is 7.65. The number of hydrogen-bond acceptors (Lipinski definition) is 5. The Balaban J connectivity index is 1.74. The predicted octanol–water partition coefficient (Wildman–Crippen LogP) is 0.640. The van der Waals surface area contributed by atoms with E-state index in [1.54, 1.807) is 18.7 Å². The van der Waals surface area contributed by atoms with Crippen LogP contribution < -0.4 is 16.3 Å². The normalized spacial score (nSPS) is 11.9. The lowest BCUT2D eigenvalue weighted by Crippen LogP contribution is -2.34. The molecule has 0 fully saturated rings. The zero-order chi connectivity index (χ0) is 17.8. The summed E-state index contributed by atoms with van der Waals surface area (Å²) in [6.07, 6.45) is 0.462. The highest BCUT2D eigenvalue weighted by molar-refractivity contribution is 5.87. The highest BCUT2D eigenvalue weighted by Gasteiger charge is 2.19. The van der Waals surface area contributed by atoms with E-state index in [0.29, 0.717) is 18.1 Å². The molecule has 3 aromatic rings. The molecule has 2 aromatic heterocycles. The monoisotopic (exact) mass is 342 g/mol. The summed E-state index contributed by atoms with van der Waals surface area (Å²) in [7, 11) is 1.73. The number of benzene rings is 1. The molecule has 0 aliphatic rings. The average molecular weight is 342 g/mol. The Kier molecular flexibility index (Phi) is 4.59. The van der Waals surface area contributed by atoms with Crippen molar-refractivity contribution in [3.8, 4) is 0 Å². The van der Waals surface area contributed by atoms with E-state index < -0.39 is 17.8 Å². The van der Waals surface area contributed by atoms with Crippen molar-refractivity contribution in [1.29, 1.82) is 0 Å². The van der Waals surface area contributed by atoms with Crippen molar-refractivity contribution in [2.24, 2.45) is 7.05 Å². The van der Waals surface area contributed by atoms with Crippen LogP contribution in [0.4, 0.5) is 10.7 Å². The molecule has 2 amide bonds. The third-order valence-electron chi connectivity index (χ3n) is 3.64. The van der Waals surface area contributed by atoms with Crippen molar-refractivity contribution < 1.29 is 4.79 Å². The molecule has 10 heteroatoms. The minimum Gasteiger partial charge on any atom is -0.327 e. The van der Waals surface area contributed by atoms with Gasteiger partial charge >= 0.3 is 11.7 Å². The van der Waals surface area contributed by atoms with E-state index in [1.165, 1.54) is 0 Å². The van der Waals surface area contributed by atoms with Crippen LogP contribution in [0.3, 0.4) is 0 Å². The first-order chi connectivity index (χ1) is 12.0. The van der Waals surface area contributed by atoms with Gasteiger partial charge in [-0.1, -0.05) is 30.3 Å². The molecular weight excluding hydrogens is 324 g/mol. The highest BCUT2D eigenvalue weighted by atomic mass is 16.2. The molecule has 0 radical (unpaired) electrons. The largest absolute Gasteiger partial charge is 0.340 e. The molecule has 0 spiro atoms. The summed E-state index contributed by atoms with van der Waals surface area (Å²) < 4.78 is 1.56. The number of H-pyrrole nitrogens is 2. The second-order valence-electron chi connectivity index (χ2n) is 5.51. The Morgan fingerprint density at radius 3 is 2.68 bits per heavy atom. The maximum absolute atomic E-state index is 12.3. The van der Waals surface area contributed by atoms with Gasteiger partial charge in [-0.2, -0.15) is 10.1 Å². The molecule has 4 N–H and O–H groups in total. The van der Waals surface area contributed by atoms with Crippen molar-refractivity contribution in [2.45, 2.75) is 19.4 Å². The fraction of sp³-hybridized carbons (Fsp3) is 0.267.